The first-order chi connectivity index (χ1) is 15.0. The van der Waals surface area contributed by atoms with E-state index in [1.807, 2.05) is 12.1 Å². The molecule has 0 spiro atoms. The Morgan fingerprint density at radius 1 is 0.516 bits per heavy atom. The first-order valence-corrected chi connectivity index (χ1v) is 10.5. The smallest absolute Gasteiger partial charge is 0.194 e. The Morgan fingerprint density at radius 3 is 1.26 bits per heavy atom. The molecule has 0 aliphatic rings. The first kappa shape index (κ1) is 20.9. The molecule has 0 amide bonds. The molecule has 0 heterocycles. The molecule has 0 aromatic heterocycles. The van der Waals surface area contributed by atoms with Gasteiger partial charge < -0.3 is 0 Å². The summed E-state index contributed by atoms with van der Waals surface area (Å²) in [5, 5.41) is 0. The summed E-state index contributed by atoms with van der Waals surface area (Å²) in [6.45, 7) is 2.20. The number of hydrogen-bond donors (Lipinski definition) is 0. The number of rotatable bonds is 6. The third-order valence-corrected chi connectivity index (χ3v) is 5.53. The fraction of sp³-hybridized carbons (Fsp3) is 0.143. The summed E-state index contributed by atoms with van der Waals surface area (Å²) in [5.74, 6) is -3.82. The van der Waals surface area contributed by atoms with Crippen LogP contribution < -0.4 is 0 Å². The molecule has 0 fully saturated rings. The molecule has 31 heavy (non-hydrogen) atoms. The zero-order chi connectivity index (χ0) is 21.8. The molecule has 0 unspecified atom stereocenters. The second-order valence-corrected chi connectivity index (χ2v) is 7.71. The molecule has 0 atom stereocenters. The van der Waals surface area contributed by atoms with Crippen molar-refractivity contribution in [3.05, 3.63) is 108 Å². The van der Waals surface area contributed by atoms with Gasteiger partial charge in [-0.3, -0.25) is 0 Å². The predicted octanol–water partition coefficient (Wildman–Crippen LogP) is 8.45. The average Bonchev–Trinajstić information content (AvgIpc) is 2.81. The number of hydrogen-bond acceptors (Lipinski definition) is 0. The van der Waals surface area contributed by atoms with Gasteiger partial charge in [-0.15, -0.1) is 0 Å². The van der Waals surface area contributed by atoms with E-state index in [4.69, 9.17) is 0 Å². The van der Waals surface area contributed by atoms with Crippen molar-refractivity contribution in [2.24, 2.45) is 0 Å². The van der Waals surface area contributed by atoms with Crippen LogP contribution in [0.3, 0.4) is 0 Å². The van der Waals surface area contributed by atoms with E-state index in [2.05, 4.69) is 55.5 Å². The molecule has 0 saturated carbocycles. The fourth-order valence-electron chi connectivity index (χ4n) is 3.68. The van der Waals surface area contributed by atoms with E-state index >= 15 is 0 Å². The average molecular weight is 416 g/mol. The summed E-state index contributed by atoms with van der Waals surface area (Å²) in [6, 6.07) is 26.4. The Labute approximate surface area is 181 Å². The van der Waals surface area contributed by atoms with Crippen molar-refractivity contribution in [3.63, 3.8) is 0 Å². The highest BCUT2D eigenvalue weighted by molar-refractivity contribution is 5.73. The summed E-state index contributed by atoms with van der Waals surface area (Å²) < 4.78 is 40.2. The van der Waals surface area contributed by atoms with Gasteiger partial charge in [-0.2, -0.15) is 0 Å². The summed E-state index contributed by atoms with van der Waals surface area (Å²) in [6.07, 6.45) is 3.52. The third-order valence-electron chi connectivity index (χ3n) is 5.53. The van der Waals surface area contributed by atoms with E-state index in [9.17, 15) is 13.2 Å². The van der Waals surface area contributed by atoms with Gasteiger partial charge in [-0.05, 0) is 63.9 Å². The van der Waals surface area contributed by atoms with Crippen molar-refractivity contribution in [1.82, 2.24) is 0 Å². The minimum Gasteiger partial charge on any atom is -0.204 e. The van der Waals surface area contributed by atoms with Crippen molar-refractivity contribution in [2.75, 3.05) is 0 Å². The molecular formula is C28H23F3. The number of unbranched alkanes of at least 4 members (excludes halogenated alkanes) is 1. The summed E-state index contributed by atoms with van der Waals surface area (Å²) in [4.78, 5) is 0. The molecule has 0 nitrogen and oxygen atoms in total. The van der Waals surface area contributed by atoms with Crippen LogP contribution in [-0.2, 0) is 6.42 Å². The van der Waals surface area contributed by atoms with Gasteiger partial charge in [0.2, 0.25) is 0 Å². The summed E-state index contributed by atoms with van der Waals surface area (Å²) >= 11 is 0. The topological polar surface area (TPSA) is 0 Å². The molecule has 0 N–H and O–H groups in total. The monoisotopic (exact) mass is 416 g/mol. The molecule has 0 saturated heterocycles. The zero-order valence-electron chi connectivity index (χ0n) is 17.3. The van der Waals surface area contributed by atoms with Crippen molar-refractivity contribution >= 4 is 0 Å². The molecule has 4 aromatic carbocycles. The van der Waals surface area contributed by atoms with Crippen LogP contribution in [0.4, 0.5) is 13.2 Å². The van der Waals surface area contributed by atoms with E-state index in [-0.39, 0.29) is 0 Å². The number of halogens is 3. The second-order valence-electron chi connectivity index (χ2n) is 7.71. The predicted molar refractivity (Wildman–Crippen MR) is 121 cm³/mol. The maximum Gasteiger partial charge on any atom is 0.194 e. The van der Waals surface area contributed by atoms with Crippen LogP contribution in [-0.4, -0.2) is 0 Å². The maximum absolute atomic E-state index is 13.5. The van der Waals surface area contributed by atoms with Crippen LogP contribution in [0.1, 0.15) is 25.3 Å². The Morgan fingerprint density at radius 2 is 0.871 bits per heavy atom. The van der Waals surface area contributed by atoms with E-state index in [1.54, 1.807) is 12.1 Å². The molecule has 156 valence electrons. The standard InChI is InChI=1S/C28H23F3/c1-2-3-4-19-5-7-20(8-6-19)21-9-11-22(12-10-21)23-13-15-24(16-14-23)25-17-26(29)28(31)27(30)18-25/h5-18H,2-4H2,1H3. The molecule has 0 aliphatic heterocycles. The van der Waals surface area contributed by atoms with E-state index in [1.165, 1.54) is 24.0 Å². The Hall–Kier alpha value is -3.33. The van der Waals surface area contributed by atoms with Crippen molar-refractivity contribution < 1.29 is 13.2 Å². The van der Waals surface area contributed by atoms with Crippen molar-refractivity contribution in [1.29, 1.82) is 0 Å². The number of aryl methyl sites for hydroxylation is 1. The summed E-state index contributed by atoms with van der Waals surface area (Å²) in [7, 11) is 0. The fourth-order valence-corrected chi connectivity index (χ4v) is 3.68. The van der Waals surface area contributed by atoms with E-state index < -0.39 is 17.5 Å². The van der Waals surface area contributed by atoms with Gasteiger partial charge in [0.15, 0.2) is 17.5 Å². The first-order valence-electron chi connectivity index (χ1n) is 10.5. The molecule has 4 rings (SSSR count). The van der Waals surface area contributed by atoms with E-state index in [0.717, 1.165) is 35.2 Å². The Balaban J connectivity index is 1.52. The highest BCUT2D eigenvalue weighted by Gasteiger charge is 2.11. The lowest BCUT2D eigenvalue weighted by atomic mass is 9.97. The van der Waals surface area contributed by atoms with Crippen LogP contribution >= 0.6 is 0 Å². The van der Waals surface area contributed by atoms with Gasteiger partial charge in [0.25, 0.3) is 0 Å². The van der Waals surface area contributed by atoms with Gasteiger partial charge in [0.05, 0.1) is 0 Å². The highest BCUT2D eigenvalue weighted by atomic mass is 19.2. The maximum atomic E-state index is 13.5. The van der Waals surface area contributed by atoms with Gasteiger partial charge in [-0.1, -0.05) is 86.1 Å². The molecular weight excluding hydrogens is 393 g/mol. The lowest BCUT2D eigenvalue weighted by Crippen LogP contribution is -1.91. The number of benzene rings is 4. The molecule has 0 radical (unpaired) electrons. The van der Waals surface area contributed by atoms with E-state index in [0.29, 0.717) is 11.1 Å². The minimum atomic E-state index is -1.45. The van der Waals surface area contributed by atoms with Gasteiger partial charge in [0, 0.05) is 0 Å². The van der Waals surface area contributed by atoms with Gasteiger partial charge >= 0.3 is 0 Å². The minimum absolute atomic E-state index is 0.306. The molecule has 3 heteroatoms. The van der Waals surface area contributed by atoms with Crippen LogP contribution in [0, 0.1) is 17.5 Å². The van der Waals surface area contributed by atoms with Crippen molar-refractivity contribution in [3.8, 4) is 33.4 Å². The largest absolute Gasteiger partial charge is 0.204 e. The SMILES string of the molecule is CCCCc1ccc(-c2ccc(-c3ccc(-c4cc(F)c(F)c(F)c4)cc3)cc2)cc1. The quantitative estimate of drug-likeness (QED) is 0.277. The van der Waals surface area contributed by atoms with Crippen LogP contribution in [0.5, 0.6) is 0 Å². The van der Waals surface area contributed by atoms with Crippen LogP contribution in [0.25, 0.3) is 33.4 Å². The summed E-state index contributed by atoms with van der Waals surface area (Å²) in [5.41, 5.74) is 6.67. The van der Waals surface area contributed by atoms with Crippen LogP contribution in [0.15, 0.2) is 84.9 Å². The molecule has 4 aromatic rings. The molecule has 0 bridgehead atoms. The Kier molecular flexibility index (Phi) is 6.22. The van der Waals surface area contributed by atoms with Crippen molar-refractivity contribution in [2.45, 2.75) is 26.2 Å². The third kappa shape index (κ3) is 4.72. The second kappa shape index (κ2) is 9.22. The van der Waals surface area contributed by atoms with Crippen LogP contribution in [0.2, 0.25) is 0 Å². The van der Waals surface area contributed by atoms with Gasteiger partial charge in [0.1, 0.15) is 0 Å². The van der Waals surface area contributed by atoms with Gasteiger partial charge in [-0.25, -0.2) is 13.2 Å². The zero-order valence-corrected chi connectivity index (χ0v) is 17.3. The highest BCUT2D eigenvalue weighted by Crippen LogP contribution is 2.29. The Bertz CT molecular complexity index is 1140. The normalized spacial score (nSPS) is 11.0. The lowest BCUT2D eigenvalue weighted by Gasteiger charge is -2.08. The lowest BCUT2D eigenvalue weighted by molar-refractivity contribution is 0.448. The molecule has 0 aliphatic carbocycles.